The third-order valence-electron chi connectivity index (χ3n) is 4.47. The second kappa shape index (κ2) is 7.51. The molecule has 2 N–H and O–H groups in total. The van der Waals surface area contributed by atoms with E-state index in [0.717, 1.165) is 17.0 Å². The molecule has 0 spiro atoms. The van der Waals surface area contributed by atoms with Gasteiger partial charge in [0.2, 0.25) is 5.89 Å². The van der Waals surface area contributed by atoms with Gasteiger partial charge in [-0.3, -0.25) is 4.79 Å². The molecule has 0 amide bonds. The van der Waals surface area contributed by atoms with Crippen LogP contribution in [0.5, 0.6) is 0 Å². The van der Waals surface area contributed by atoms with Crippen LogP contribution in [-0.4, -0.2) is 26.7 Å². The van der Waals surface area contributed by atoms with Gasteiger partial charge in [-0.05, 0) is 31.2 Å². The quantitative estimate of drug-likeness (QED) is 0.544. The van der Waals surface area contributed by atoms with E-state index in [1.54, 1.807) is 6.07 Å². The van der Waals surface area contributed by atoms with Crippen molar-refractivity contribution in [3.63, 3.8) is 0 Å². The van der Waals surface area contributed by atoms with Gasteiger partial charge in [0.15, 0.2) is 12.4 Å². The van der Waals surface area contributed by atoms with Crippen molar-refractivity contribution in [2.75, 3.05) is 6.54 Å². The van der Waals surface area contributed by atoms with Crippen LogP contribution in [0, 0.1) is 0 Å². The first-order valence-corrected chi connectivity index (χ1v) is 8.92. The summed E-state index contributed by atoms with van der Waals surface area (Å²) in [5.41, 5.74) is 1.49. The number of aromatic nitrogens is 4. The number of hydrogen-bond donors (Lipinski definition) is 2. The average molecular weight is 362 g/mol. The lowest BCUT2D eigenvalue weighted by Gasteiger charge is -2.15. The summed E-state index contributed by atoms with van der Waals surface area (Å²) in [4.78, 5) is 20.9. The van der Waals surface area contributed by atoms with Gasteiger partial charge in [-0.1, -0.05) is 30.3 Å². The minimum absolute atomic E-state index is 0.116. The Labute approximate surface area is 155 Å². The molecule has 27 heavy (non-hydrogen) atoms. The third-order valence-corrected chi connectivity index (χ3v) is 4.47. The molecule has 2 heterocycles. The molecule has 0 aliphatic heterocycles. The van der Waals surface area contributed by atoms with Gasteiger partial charge in [-0.15, -0.1) is 10.2 Å². The number of quaternary nitrogens is 1. The average Bonchev–Trinajstić information content (AvgIpc) is 3.17. The summed E-state index contributed by atoms with van der Waals surface area (Å²) in [5.74, 6) is 1.73. The molecule has 0 saturated carbocycles. The lowest BCUT2D eigenvalue weighted by atomic mass is 10.2. The molecule has 4 aromatic rings. The molecule has 7 heteroatoms. The van der Waals surface area contributed by atoms with Crippen LogP contribution in [0.4, 0.5) is 0 Å². The topological polar surface area (TPSA) is 89.1 Å². The van der Waals surface area contributed by atoms with E-state index in [0.29, 0.717) is 41.6 Å². The summed E-state index contributed by atoms with van der Waals surface area (Å²) in [6.45, 7) is 4.04. The highest BCUT2D eigenvalue weighted by Gasteiger charge is 2.16. The summed E-state index contributed by atoms with van der Waals surface area (Å²) in [7, 11) is 0. The predicted molar refractivity (Wildman–Crippen MR) is 101 cm³/mol. The summed E-state index contributed by atoms with van der Waals surface area (Å²) < 4.78 is 5.80. The van der Waals surface area contributed by atoms with Crippen molar-refractivity contribution in [2.45, 2.75) is 20.0 Å². The largest absolute Gasteiger partial charge is 0.415 e. The Morgan fingerprint density at radius 3 is 2.59 bits per heavy atom. The molecule has 136 valence electrons. The molecule has 1 atom stereocenters. The highest BCUT2D eigenvalue weighted by Crippen LogP contribution is 2.16. The monoisotopic (exact) mass is 362 g/mol. The molecule has 7 nitrogen and oxygen atoms in total. The Bertz CT molecular complexity index is 1100. The molecule has 2 aromatic heterocycles. The van der Waals surface area contributed by atoms with Crippen LogP contribution in [0.1, 0.15) is 18.6 Å². The lowest BCUT2D eigenvalue weighted by Crippen LogP contribution is -3.09. The van der Waals surface area contributed by atoms with Crippen molar-refractivity contribution < 1.29 is 9.32 Å². The Hall–Kier alpha value is -3.32. The molecule has 1 unspecified atom stereocenters. The first-order chi connectivity index (χ1) is 13.2. The fourth-order valence-corrected chi connectivity index (χ4v) is 3.00. The minimum Gasteiger partial charge on any atom is -0.415 e. The van der Waals surface area contributed by atoms with E-state index in [2.05, 4.69) is 27.1 Å². The summed E-state index contributed by atoms with van der Waals surface area (Å²) in [5, 5.41) is 8.89. The van der Waals surface area contributed by atoms with E-state index in [1.165, 1.54) is 0 Å². The van der Waals surface area contributed by atoms with Crippen LogP contribution >= 0.6 is 0 Å². The fraction of sp³-hybridized carbons (Fsp3) is 0.200. The van der Waals surface area contributed by atoms with Crippen molar-refractivity contribution in [1.82, 2.24) is 20.2 Å². The highest BCUT2D eigenvalue weighted by atomic mass is 16.4. The SMILES string of the molecule is CC[NH+](Cc1nc2ccccc2c(=O)[nH]1)Cc1nnc(-c2ccccc2)o1. The second-order valence-electron chi connectivity index (χ2n) is 6.35. The molecule has 0 fully saturated rings. The molecule has 2 aromatic carbocycles. The first kappa shape index (κ1) is 17.1. The Kier molecular flexibility index (Phi) is 4.76. The van der Waals surface area contributed by atoms with Gasteiger partial charge < -0.3 is 14.3 Å². The molecule has 0 saturated heterocycles. The van der Waals surface area contributed by atoms with Crippen LogP contribution in [0.25, 0.3) is 22.4 Å². The van der Waals surface area contributed by atoms with Gasteiger partial charge in [0.05, 0.1) is 17.4 Å². The number of rotatable bonds is 6. The lowest BCUT2D eigenvalue weighted by molar-refractivity contribution is -0.927. The molecule has 0 bridgehead atoms. The third kappa shape index (κ3) is 3.78. The summed E-state index contributed by atoms with van der Waals surface area (Å²) in [6.07, 6.45) is 0. The normalized spacial score (nSPS) is 12.3. The van der Waals surface area contributed by atoms with Gasteiger partial charge >= 0.3 is 0 Å². The number of nitrogens with zero attached hydrogens (tertiary/aromatic N) is 3. The maximum atomic E-state index is 12.2. The maximum absolute atomic E-state index is 12.2. The van der Waals surface area contributed by atoms with Gasteiger partial charge in [-0.25, -0.2) is 4.98 Å². The van der Waals surface area contributed by atoms with Crippen LogP contribution in [0.2, 0.25) is 0 Å². The van der Waals surface area contributed by atoms with Gasteiger partial charge in [0, 0.05) is 5.56 Å². The molecule has 0 aliphatic rings. The minimum atomic E-state index is -0.116. The maximum Gasteiger partial charge on any atom is 0.271 e. The Morgan fingerprint density at radius 1 is 1.00 bits per heavy atom. The van der Waals surface area contributed by atoms with Crippen molar-refractivity contribution >= 4 is 10.9 Å². The van der Waals surface area contributed by atoms with E-state index in [4.69, 9.17) is 4.42 Å². The number of hydrogen-bond acceptors (Lipinski definition) is 5. The van der Waals surface area contributed by atoms with E-state index in [9.17, 15) is 4.79 Å². The van der Waals surface area contributed by atoms with Gasteiger partial charge in [0.1, 0.15) is 6.54 Å². The second-order valence-corrected chi connectivity index (χ2v) is 6.35. The Morgan fingerprint density at radius 2 is 1.78 bits per heavy atom. The zero-order valence-electron chi connectivity index (χ0n) is 15.0. The molecule has 0 radical (unpaired) electrons. The van der Waals surface area contributed by atoms with Crippen molar-refractivity contribution in [2.24, 2.45) is 0 Å². The van der Waals surface area contributed by atoms with Crippen LogP contribution in [-0.2, 0) is 13.1 Å². The fourth-order valence-electron chi connectivity index (χ4n) is 3.00. The van der Waals surface area contributed by atoms with Crippen LogP contribution < -0.4 is 10.5 Å². The molecule has 0 aliphatic carbocycles. The van der Waals surface area contributed by atoms with Crippen molar-refractivity contribution in [1.29, 1.82) is 0 Å². The standard InChI is InChI=1S/C20H19N5O2/c1-2-25(12-17-21-16-11-7-6-10-15(16)19(26)22-17)13-18-23-24-20(27-18)14-8-4-3-5-9-14/h3-11H,2,12-13H2,1H3,(H,21,22,26)/p+1. The highest BCUT2D eigenvalue weighted by molar-refractivity contribution is 5.77. The molecular formula is C20H20N5O2+. The summed E-state index contributed by atoms with van der Waals surface area (Å²) in [6, 6.07) is 17.0. The number of benzene rings is 2. The number of nitrogens with one attached hydrogen (secondary N) is 2. The summed E-state index contributed by atoms with van der Waals surface area (Å²) >= 11 is 0. The number of aromatic amines is 1. The van der Waals surface area contributed by atoms with Gasteiger partial charge in [-0.2, -0.15) is 0 Å². The van der Waals surface area contributed by atoms with E-state index in [-0.39, 0.29) is 5.56 Å². The molecule has 4 rings (SSSR count). The van der Waals surface area contributed by atoms with Crippen molar-refractivity contribution in [3.8, 4) is 11.5 Å². The predicted octanol–water partition coefficient (Wildman–Crippen LogP) is 1.58. The zero-order valence-corrected chi connectivity index (χ0v) is 15.0. The molecular weight excluding hydrogens is 342 g/mol. The van der Waals surface area contributed by atoms with Crippen LogP contribution in [0.3, 0.4) is 0 Å². The number of para-hydroxylation sites is 1. The van der Waals surface area contributed by atoms with E-state index < -0.39 is 0 Å². The van der Waals surface area contributed by atoms with E-state index in [1.807, 2.05) is 48.5 Å². The first-order valence-electron chi connectivity index (χ1n) is 8.92. The van der Waals surface area contributed by atoms with Gasteiger partial charge in [0.25, 0.3) is 11.4 Å². The number of H-pyrrole nitrogens is 1. The van der Waals surface area contributed by atoms with E-state index >= 15 is 0 Å². The Balaban J connectivity index is 1.52. The number of fused-ring (bicyclic) bond motifs is 1. The smallest absolute Gasteiger partial charge is 0.271 e. The van der Waals surface area contributed by atoms with Crippen molar-refractivity contribution in [3.05, 3.63) is 76.7 Å². The van der Waals surface area contributed by atoms with Crippen LogP contribution in [0.15, 0.2) is 63.8 Å². The zero-order chi connectivity index (χ0) is 18.6.